The Morgan fingerprint density at radius 1 is 1.25 bits per heavy atom. The highest BCUT2D eigenvalue weighted by molar-refractivity contribution is 6.01. The molecule has 0 spiro atoms. The molecule has 1 N–H and O–H groups in total. The fourth-order valence-electron chi connectivity index (χ4n) is 3.80. The van der Waals surface area contributed by atoms with Gasteiger partial charge in [0.2, 0.25) is 5.91 Å². The van der Waals surface area contributed by atoms with Gasteiger partial charge in [-0.2, -0.15) is 0 Å². The second kappa shape index (κ2) is 10.4. The first kappa shape index (κ1) is 23.4. The summed E-state index contributed by atoms with van der Waals surface area (Å²) in [6.07, 6.45) is 3.35. The molecule has 0 aliphatic rings. The van der Waals surface area contributed by atoms with Gasteiger partial charge in [-0.3, -0.25) is 4.79 Å². The van der Waals surface area contributed by atoms with Crippen LogP contribution in [0.25, 0.3) is 27.7 Å². The predicted octanol–water partition coefficient (Wildman–Crippen LogP) is 5.37. The first-order valence-electron chi connectivity index (χ1n) is 10.7. The number of carbonyl (C=O) groups is 1. The molecule has 0 aliphatic heterocycles. The number of ether oxygens (including phenoxy) is 3. The van der Waals surface area contributed by atoms with Gasteiger partial charge in [0.25, 0.3) is 0 Å². The normalized spacial score (nSPS) is 12.6. The summed E-state index contributed by atoms with van der Waals surface area (Å²) in [6.45, 7) is 8.69. The van der Waals surface area contributed by atoms with Crippen LogP contribution in [0.2, 0.25) is 0 Å². The van der Waals surface area contributed by atoms with Crippen molar-refractivity contribution in [2.45, 2.75) is 33.7 Å². The van der Waals surface area contributed by atoms with E-state index < -0.39 is 0 Å². The van der Waals surface area contributed by atoms with Gasteiger partial charge in [0.1, 0.15) is 17.1 Å². The van der Waals surface area contributed by atoms with Crippen LogP contribution in [0.1, 0.15) is 31.9 Å². The molecule has 0 fully saturated rings. The maximum absolute atomic E-state index is 12.5. The number of fused-ring (bicyclic) bond motifs is 1. The molecule has 6 heteroatoms. The molecule has 1 aromatic heterocycles. The van der Waals surface area contributed by atoms with Gasteiger partial charge >= 0.3 is 0 Å². The van der Waals surface area contributed by atoms with E-state index in [4.69, 9.17) is 18.6 Å². The second-order valence-electron chi connectivity index (χ2n) is 7.76. The molecule has 3 aromatic rings. The first-order valence-corrected chi connectivity index (χ1v) is 10.7. The van der Waals surface area contributed by atoms with E-state index in [9.17, 15) is 4.79 Å². The SMILES string of the molecule is CCOc1c(/C(C)=C/C(=O)NC(C)COC)cc2c(-c3cccc(OC)c3)coc2c1C. The summed E-state index contributed by atoms with van der Waals surface area (Å²) in [6, 6.07) is 9.80. The number of rotatable bonds is 9. The van der Waals surface area contributed by atoms with Crippen LogP contribution < -0.4 is 14.8 Å². The Balaban J connectivity index is 2.11. The van der Waals surface area contributed by atoms with Crippen LogP contribution in [0, 0.1) is 6.92 Å². The van der Waals surface area contributed by atoms with Crippen molar-refractivity contribution in [3.05, 3.63) is 53.8 Å². The monoisotopic (exact) mass is 437 g/mol. The zero-order valence-corrected chi connectivity index (χ0v) is 19.6. The third-order valence-corrected chi connectivity index (χ3v) is 5.29. The van der Waals surface area contributed by atoms with Crippen molar-refractivity contribution in [3.63, 3.8) is 0 Å². The van der Waals surface area contributed by atoms with Crippen molar-refractivity contribution < 1.29 is 23.4 Å². The molecule has 0 bridgehead atoms. The van der Waals surface area contributed by atoms with Gasteiger partial charge in [0, 0.05) is 41.3 Å². The lowest BCUT2D eigenvalue weighted by molar-refractivity contribution is -0.117. The summed E-state index contributed by atoms with van der Waals surface area (Å²) in [5, 5.41) is 3.87. The lowest BCUT2D eigenvalue weighted by Gasteiger charge is -2.15. The average Bonchev–Trinajstić information content (AvgIpc) is 3.20. The minimum atomic E-state index is -0.174. The number of furan rings is 1. The number of amides is 1. The molecular weight excluding hydrogens is 406 g/mol. The highest BCUT2D eigenvalue weighted by Gasteiger charge is 2.19. The number of carbonyl (C=O) groups excluding carboxylic acids is 1. The maximum Gasteiger partial charge on any atom is 0.244 e. The molecule has 32 heavy (non-hydrogen) atoms. The van der Waals surface area contributed by atoms with Crippen LogP contribution in [0.5, 0.6) is 11.5 Å². The highest BCUT2D eigenvalue weighted by atomic mass is 16.5. The Labute approximate surface area is 189 Å². The van der Waals surface area contributed by atoms with Gasteiger partial charge in [-0.1, -0.05) is 12.1 Å². The van der Waals surface area contributed by atoms with Crippen LogP contribution in [-0.4, -0.2) is 39.4 Å². The maximum atomic E-state index is 12.5. The Kier molecular flexibility index (Phi) is 7.59. The summed E-state index contributed by atoms with van der Waals surface area (Å²) in [5.74, 6) is 1.32. The quantitative estimate of drug-likeness (QED) is 0.456. The molecule has 1 heterocycles. The standard InChI is InChI=1S/C26H31NO5/c1-7-31-25-18(4)26-22(23(15-32-26)19-9-8-10-20(12-19)30-6)13-21(25)16(2)11-24(28)27-17(3)14-29-5/h8-13,15,17H,7,14H2,1-6H3,(H,27,28)/b16-11+. The molecule has 1 unspecified atom stereocenters. The molecule has 2 aromatic carbocycles. The number of benzene rings is 2. The van der Waals surface area contributed by atoms with Crippen molar-refractivity contribution in [2.75, 3.05) is 27.4 Å². The third-order valence-electron chi connectivity index (χ3n) is 5.29. The van der Waals surface area contributed by atoms with Gasteiger partial charge in [-0.25, -0.2) is 0 Å². The van der Waals surface area contributed by atoms with Crippen molar-refractivity contribution in [2.24, 2.45) is 0 Å². The molecule has 170 valence electrons. The van der Waals surface area contributed by atoms with E-state index in [0.717, 1.165) is 50.3 Å². The van der Waals surface area contributed by atoms with Gasteiger partial charge < -0.3 is 23.9 Å². The van der Waals surface area contributed by atoms with E-state index >= 15 is 0 Å². The van der Waals surface area contributed by atoms with Crippen molar-refractivity contribution in [1.82, 2.24) is 5.32 Å². The van der Waals surface area contributed by atoms with Crippen molar-refractivity contribution >= 4 is 22.4 Å². The Morgan fingerprint density at radius 3 is 2.72 bits per heavy atom. The van der Waals surface area contributed by atoms with E-state index in [2.05, 4.69) is 5.32 Å². The summed E-state index contributed by atoms with van der Waals surface area (Å²) >= 11 is 0. The molecule has 0 radical (unpaired) electrons. The molecule has 6 nitrogen and oxygen atoms in total. The van der Waals surface area contributed by atoms with Crippen LogP contribution in [0.15, 0.2) is 47.1 Å². The predicted molar refractivity (Wildman–Crippen MR) is 127 cm³/mol. The van der Waals surface area contributed by atoms with Crippen molar-refractivity contribution in [1.29, 1.82) is 0 Å². The lowest BCUT2D eigenvalue weighted by atomic mass is 9.96. The fourth-order valence-corrected chi connectivity index (χ4v) is 3.80. The summed E-state index contributed by atoms with van der Waals surface area (Å²) in [4.78, 5) is 12.5. The zero-order chi connectivity index (χ0) is 23.3. The third kappa shape index (κ3) is 4.97. The number of methoxy groups -OCH3 is 2. The molecule has 3 rings (SSSR count). The first-order chi connectivity index (χ1) is 15.4. The largest absolute Gasteiger partial charge is 0.497 e. The van der Waals surface area contributed by atoms with Crippen LogP contribution in [-0.2, 0) is 9.53 Å². The van der Waals surface area contributed by atoms with E-state index in [-0.39, 0.29) is 11.9 Å². The van der Waals surface area contributed by atoms with Crippen LogP contribution in [0.3, 0.4) is 0 Å². The average molecular weight is 438 g/mol. The second-order valence-corrected chi connectivity index (χ2v) is 7.76. The molecular formula is C26H31NO5. The fraction of sp³-hybridized carbons (Fsp3) is 0.346. The Bertz CT molecular complexity index is 1130. The molecule has 0 aliphatic carbocycles. The number of hydrogen-bond donors (Lipinski definition) is 1. The van der Waals surface area contributed by atoms with Gasteiger partial charge in [0.05, 0.1) is 26.6 Å². The van der Waals surface area contributed by atoms with Gasteiger partial charge in [-0.15, -0.1) is 0 Å². The number of allylic oxidation sites excluding steroid dienone is 1. The van der Waals surface area contributed by atoms with E-state index in [1.165, 1.54) is 0 Å². The topological polar surface area (TPSA) is 69.9 Å². The Hall–Kier alpha value is -3.25. The van der Waals surface area contributed by atoms with Crippen molar-refractivity contribution in [3.8, 4) is 22.6 Å². The van der Waals surface area contributed by atoms with Crippen LogP contribution >= 0.6 is 0 Å². The molecule has 0 saturated heterocycles. The van der Waals surface area contributed by atoms with Gasteiger partial charge in [-0.05, 0) is 57.0 Å². The number of nitrogens with one attached hydrogen (secondary N) is 1. The van der Waals surface area contributed by atoms with E-state index in [1.54, 1.807) is 26.6 Å². The Morgan fingerprint density at radius 2 is 2.03 bits per heavy atom. The number of hydrogen-bond acceptors (Lipinski definition) is 5. The van der Waals surface area contributed by atoms with Gasteiger partial charge in [0.15, 0.2) is 0 Å². The zero-order valence-electron chi connectivity index (χ0n) is 19.6. The summed E-state index contributed by atoms with van der Waals surface area (Å²) in [7, 11) is 3.26. The van der Waals surface area contributed by atoms with E-state index in [0.29, 0.717) is 13.2 Å². The molecule has 1 atom stereocenters. The molecule has 0 saturated carbocycles. The minimum Gasteiger partial charge on any atom is -0.497 e. The minimum absolute atomic E-state index is 0.0827. The highest BCUT2D eigenvalue weighted by Crippen LogP contribution is 2.41. The van der Waals surface area contributed by atoms with Crippen LogP contribution in [0.4, 0.5) is 0 Å². The summed E-state index contributed by atoms with van der Waals surface area (Å²) < 4.78 is 22.4. The lowest BCUT2D eigenvalue weighted by Crippen LogP contribution is -2.34. The van der Waals surface area contributed by atoms with E-state index in [1.807, 2.05) is 58.0 Å². The smallest absolute Gasteiger partial charge is 0.244 e. The summed E-state index contributed by atoms with van der Waals surface area (Å²) in [5.41, 5.74) is 5.27. The number of aryl methyl sites for hydroxylation is 1. The molecule has 1 amide bonds.